The minimum atomic E-state index is 0.743. The lowest BCUT2D eigenvalue weighted by Gasteiger charge is -2.10. The predicted octanol–water partition coefficient (Wildman–Crippen LogP) is 3.68. The summed E-state index contributed by atoms with van der Waals surface area (Å²) in [6.45, 7) is 0. The summed E-state index contributed by atoms with van der Waals surface area (Å²) in [6, 6.07) is 6.10. The highest BCUT2D eigenvalue weighted by molar-refractivity contribution is 9.10. The summed E-state index contributed by atoms with van der Waals surface area (Å²) < 4.78 is 1.10. The molecule has 1 aromatic carbocycles. The van der Waals surface area contributed by atoms with Crippen LogP contribution in [0.25, 0.3) is 10.9 Å². The molecule has 1 heterocycles. The summed E-state index contributed by atoms with van der Waals surface area (Å²) in [5, 5.41) is 10.3. The maximum atomic E-state index is 9.10. The normalized spacial score (nSPS) is 14.8. The Balaban J connectivity index is 2.42. The SMILES string of the molecule is N#Cc1ccc(Br)c2c3c([nH]c12)CCCC3. The second kappa shape index (κ2) is 3.64. The molecule has 3 heteroatoms. The molecule has 0 saturated carbocycles. The number of H-pyrrole nitrogens is 1. The van der Waals surface area contributed by atoms with Gasteiger partial charge in [0, 0.05) is 15.6 Å². The zero-order chi connectivity index (χ0) is 11.1. The number of hydrogen-bond donors (Lipinski definition) is 1. The van der Waals surface area contributed by atoms with Crippen LogP contribution in [0.15, 0.2) is 16.6 Å². The molecule has 3 rings (SSSR count). The number of hydrogen-bond acceptors (Lipinski definition) is 1. The Morgan fingerprint density at radius 1 is 1.25 bits per heavy atom. The summed E-state index contributed by atoms with van der Waals surface area (Å²) in [7, 11) is 0. The summed E-state index contributed by atoms with van der Waals surface area (Å²) in [5.74, 6) is 0. The summed E-state index contributed by atoms with van der Waals surface area (Å²) in [5.41, 5.74) is 4.48. The topological polar surface area (TPSA) is 39.6 Å². The van der Waals surface area contributed by atoms with Crippen LogP contribution in [0.5, 0.6) is 0 Å². The van der Waals surface area contributed by atoms with E-state index in [1.165, 1.54) is 29.5 Å². The van der Waals surface area contributed by atoms with Crippen LogP contribution in [-0.2, 0) is 12.8 Å². The second-order valence-corrected chi connectivity index (χ2v) is 5.10. The number of aryl methyl sites for hydroxylation is 2. The van der Waals surface area contributed by atoms with Crippen molar-refractivity contribution in [3.05, 3.63) is 33.4 Å². The van der Waals surface area contributed by atoms with Crippen molar-refractivity contribution in [3.8, 4) is 6.07 Å². The van der Waals surface area contributed by atoms with E-state index in [1.54, 1.807) is 0 Å². The summed E-state index contributed by atoms with van der Waals surface area (Å²) in [4.78, 5) is 3.42. The Morgan fingerprint density at radius 2 is 2.06 bits per heavy atom. The van der Waals surface area contributed by atoms with Crippen LogP contribution in [-0.4, -0.2) is 4.98 Å². The minimum absolute atomic E-state index is 0.743. The van der Waals surface area contributed by atoms with Crippen LogP contribution >= 0.6 is 15.9 Å². The van der Waals surface area contributed by atoms with Crippen molar-refractivity contribution < 1.29 is 0 Å². The van der Waals surface area contributed by atoms with Gasteiger partial charge < -0.3 is 4.98 Å². The van der Waals surface area contributed by atoms with Gasteiger partial charge in [-0.15, -0.1) is 0 Å². The van der Waals surface area contributed by atoms with E-state index >= 15 is 0 Å². The average Bonchev–Trinajstić information content (AvgIpc) is 2.69. The highest BCUT2D eigenvalue weighted by Crippen LogP contribution is 2.35. The minimum Gasteiger partial charge on any atom is -0.357 e. The Kier molecular flexibility index (Phi) is 2.26. The van der Waals surface area contributed by atoms with Crippen LogP contribution in [0.4, 0.5) is 0 Å². The molecule has 1 N–H and O–H groups in total. The first kappa shape index (κ1) is 9.92. The molecule has 0 unspecified atom stereocenters. The van der Waals surface area contributed by atoms with E-state index in [0.29, 0.717) is 0 Å². The standard InChI is InChI=1S/C13H11BrN2/c14-10-6-5-8(7-15)13-12(10)9-3-1-2-4-11(9)16-13/h5-6,16H,1-4H2. The number of nitrogens with zero attached hydrogens (tertiary/aromatic N) is 1. The van der Waals surface area contributed by atoms with Crippen LogP contribution in [0.2, 0.25) is 0 Å². The molecule has 1 aliphatic carbocycles. The number of nitriles is 1. The fourth-order valence-electron chi connectivity index (χ4n) is 2.57. The van der Waals surface area contributed by atoms with Crippen LogP contribution in [0.1, 0.15) is 29.7 Å². The number of nitrogens with one attached hydrogen (secondary N) is 1. The summed E-state index contributed by atoms with van der Waals surface area (Å²) >= 11 is 3.59. The zero-order valence-corrected chi connectivity index (χ0v) is 10.4. The lowest BCUT2D eigenvalue weighted by Crippen LogP contribution is -2.00. The van der Waals surface area contributed by atoms with E-state index in [9.17, 15) is 0 Å². The Bertz CT molecular complexity index is 604. The molecule has 80 valence electrons. The fraction of sp³-hybridized carbons (Fsp3) is 0.308. The number of aromatic nitrogens is 1. The van der Waals surface area contributed by atoms with Crippen molar-refractivity contribution >= 4 is 26.8 Å². The van der Waals surface area contributed by atoms with E-state index in [2.05, 4.69) is 27.0 Å². The highest BCUT2D eigenvalue weighted by Gasteiger charge is 2.18. The van der Waals surface area contributed by atoms with Gasteiger partial charge in [-0.05, 0) is 43.4 Å². The molecular weight excluding hydrogens is 264 g/mol. The van der Waals surface area contributed by atoms with Crippen molar-refractivity contribution in [2.24, 2.45) is 0 Å². The molecule has 0 fully saturated rings. The maximum Gasteiger partial charge on any atom is 0.101 e. The first-order valence-electron chi connectivity index (χ1n) is 5.53. The third-order valence-electron chi connectivity index (χ3n) is 3.32. The van der Waals surface area contributed by atoms with Gasteiger partial charge in [-0.2, -0.15) is 5.26 Å². The van der Waals surface area contributed by atoms with E-state index in [-0.39, 0.29) is 0 Å². The van der Waals surface area contributed by atoms with Gasteiger partial charge in [0.1, 0.15) is 6.07 Å². The molecule has 0 aliphatic heterocycles. The Labute approximate surface area is 102 Å². The van der Waals surface area contributed by atoms with E-state index in [1.807, 2.05) is 12.1 Å². The molecule has 0 spiro atoms. The number of rotatable bonds is 0. The third-order valence-corrected chi connectivity index (χ3v) is 3.98. The second-order valence-electron chi connectivity index (χ2n) is 4.25. The lowest BCUT2D eigenvalue weighted by molar-refractivity contribution is 0.680. The van der Waals surface area contributed by atoms with Gasteiger partial charge >= 0.3 is 0 Å². The average molecular weight is 275 g/mol. The van der Waals surface area contributed by atoms with Crippen molar-refractivity contribution in [2.45, 2.75) is 25.7 Å². The van der Waals surface area contributed by atoms with E-state index in [4.69, 9.17) is 5.26 Å². The van der Waals surface area contributed by atoms with Gasteiger partial charge in [0.05, 0.1) is 11.1 Å². The van der Waals surface area contributed by atoms with Crippen molar-refractivity contribution in [2.75, 3.05) is 0 Å². The molecule has 0 bridgehead atoms. The number of fused-ring (bicyclic) bond motifs is 3. The molecule has 2 aromatic rings. The Hall–Kier alpha value is -1.27. The molecular formula is C13H11BrN2. The van der Waals surface area contributed by atoms with Crippen LogP contribution in [0, 0.1) is 11.3 Å². The maximum absolute atomic E-state index is 9.10. The molecule has 0 amide bonds. The molecule has 2 nitrogen and oxygen atoms in total. The van der Waals surface area contributed by atoms with Crippen molar-refractivity contribution in [3.63, 3.8) is 0 Å². The molecule has 1 aliphatic rings. The zero-order valence-electron chi connectivity index (χ0n) is 8.81. The van der Waals surface area contributed by atoms with Gasteiger partial charge in [0.15, 0.2) is 0 Å². The fourth-order valence-corrected chi connectivity index (χ4v) is 3.14. The van der Waals surface area contributed by atoms with Crippen molar-refractivity contribution in [1.29, 1.82) is 5.26 Å². The Morgan fingerprint density at radius 3 is 2.88 bits per heavy atom. The van der Waals surface area contributed by atoms with Crippen molar-refractivity contribution in [1.82, 2.24) is 4.98 Å². The van der Waals surface area contributed by atoms with Gasteiger partial charge in [-0.1, -0.05) is 15.9 Å². The first-order valence-corrected chi connectivity index (χ1v) is 6.32. The van der Waals surface area contributed by atoms with E-state index in [0.717, 1.165) is 28.4 Å². The number of aromatic amines is 1. The third kappa shape index (κ3) is 1.30. The van der Waals surface area contributed by atoms with Crippen LogP contribution < -0.4 is 0 Å². The summed E-state index contributed by atoms with van der Waals surface area (Å²) in [6.07, 6.45) is 4.74. The largest absolute Gasteiger partial charge is 0.357 e. The van der Waals surface area contributed by atoms with Crippen LogP contribution in [0.3, 0.4) is 0 Å². The van der Waals surface area contributed by atoms with Gasteiger partial charge in [0.2, 0.25) is 0 Å². The molecule has 0 atom stereocenters. The monoisotopic (exact) mass is 274 g/mol. The van der Waals surface area contributed by atoms with Gasteiger partial charge in [-0.3, -0.25) is 0 Å². The molecule has 0 saturated heterocycles. The number of benzene rings is 1. The molecule has 0 radical (unpaired) electrons. The molecule has 1 aromatic heterocycles. The smallest absolute Gasteiger partial charge is 0.101 e. The quantitative estimate of drug-likeness (QED) is 0.782. The number of halogens is 1. The first-order chi connectivity index (χ1) is 7.81. The molecule has 16 heavy (non-hydrogen) atoms. The van der Waals surface area contributed by atoms with E-state index < -0.39 is 0 Å². The highest BCUT2D eigenvalue weighted by atomic mass is 79.9. The predicted molar refractivity (Wildman–Crippen MR) is 67.4 cm³/mol. The van der Waals surface area contributed by atoms with Gasteiger partial charge in [0.25, 0.3) is 0 Å². The van der Waals surface area contributed by atoms with Gasteiger partial charge in [-0.25, -0.2) is 0 Å². The lowest BCUT2D eigenvalue weighted by atomic mass is 9.95.